The molecule has 0 unspecified atom stereocenters. The maximum atomic E-state index is 5.34. The molecule has 1 heterocycles. The average molecular weight is 339 g/mol. The van der Waals surface area contributed by atoms with Crippen LogP contribution < -0.4 is 14.9 Å². The van der Waals surface area contributed by atoms with Crippen LogP contribution in [0.5, 0.6) is 11.5 Å². The van der Waals surface area contributed by atoms with Crippen molar-refractivity contribution in [3.8, 4) is 22.8 Å². The van der Waals surface area contributed by atoms with E-state index >= 15 is 0 Å². The summed E-state index contributed by atoms with van der Waals surface area (Å²) < 4.78 is 10.5. The Labute approximate surface area is 144 Å². The number of ether oxygens (including phenoxy) is 2. The third-order valence-electron chi connectivity index (χ3n) is 3.38. The Balaban J connectivity index is 1.70. The summed E-state index contributed by atoms with van der Waals surface area (Å²) in [6, 6.07) is 15.6. The number of hydrazone groups is 1. The first-order chi connectivity index (χ1) is 11.8. The van der Waals surface area contributed by atoms with Crippen LogP contribution in [0.15, 0.2) is 59.0 Å². The number of methoxy groups -OCH3 is 2. The monoisotopic (exact) mass is 339 g/mol. The highest BCUT2D eigenvalue weighted by molar-refractivity contribution is 7.14. The van der Waals surface area contributed by atoms with Crippen LogP contribution in [0.2, 0.25) is 0 Å². The fourth-order valence-corrected chi connectivity index (χ4v) is 2.82. The lowest BCUT2D eigenvalue weighted by atomic mass is 10.2. The molecule has 0 saturated heterocycles. The standard InChI is InChI=1S/C18H17N3O2S/c1-22-15-9-8-14(17(10-15)23-2)11-19-21-18-20-16(12-24-18)13-6-4-3-5-7-13/h3-12H,1-2H3,(H,20,21)/b19-11-. The Morgan fingerprint density at radius 3 is 2.67 bits per heavy atom. The summed E-state index contributed by atoms with van der Waals surface area (Å²) in [5, 5.41) is 6.97. The summed E-state index contributed by atoms with van der Waals surface area (Å²) in [6.07, 6.45) is 1.70. The van der Waals surface area contributed by atoms with Crippen LogP contribution in [0, 0.1) is 0 Å². The van der Waals surface area contributed by atoms with Crippen LogP contribution in [0.1, 0.15) is 5.56 Å². The lowest BCUT2D eigenvalue weighted by Gasteiger charge is -2.06. The van der Waals surface area contributed by atoms with Gasteiger partial charge in [0, 0.05) is 22.6 Å². The molecule has 5 nitrogen and oxygen atoms in total. The van der Waals surface area contributed by atoms with Gasteiger partial charge >= 0.3 is 0 Å². The molecule has 0 aliphatic carbocycles. The third kappa shape index (κ3) is 3.72. The number of nitrogens with one attached hydrogen (secondary N) is 1. The van der Waals surface area contributed by atoms with Crippen molar-refractivity contribution in [1.29, 1.82) is 0 Å². The van der Waals surface area contributed by atoms with Crippen LogP contribution in [-0.2, 0) is 0 Å². The van der Waals surface area contributed by atoms with E-state index in [0.717, 1.165) is 27.7 Å². The summed E-state index contributed by atoms with van der Waals surface area (Å²) >= 11 is 1.51. The molecular formula is C18H17N3O2S. The molecule has 0 radical (unpaired) electrons. The number of aromatic nitrogens is 1. The van der Waals surface area contributed by atoms with Crippen molar-refractivity contribution in [2.24, 2.45) is 5.10 Å². The second-order valence-corrected chi connectivity index (χ2v) is 5.74. The highest BCUT2D eigenvalue weighted by Gasteiger charge is 2.04. The number of anilines is 1. The Morgan fingerprint density at radius 2 is 1.92 bits per heavy atom. The Bertz CT molecular complexity index is 831. The smallest absolute Gasteiger partial charge is 0.203 e. The molecule has 1 N–H and O–H groups in total. The number of nitrogens with zero attached hydrogens (tertiary/aromatic N) is 2. The van der Waals surface area contributed by atoms with Gasteiger partial charge in [-0.25, -0.2) is 4.98 Å². The first-order valence-electron chi connectivity index (χ1n) is 7.32. The SMILES string of the molecule is COc1ccc(/C=N\Nc2nc(-c3ccccc3)cs2)c(OC)c1. The quantitative estimate of drug-likeness (QED) is 0.538. The zero-order chi connectivity index (χ0) is 16.8. The molecule has 0 aliphatic rings. The highest BCUT2D eigenvalue weighted by atomic mass is 32.1. The molecule has 122 valence electrons. The van der Waals surface area contributed by atoms with Crippen molar-refractivity contribution in [2.75, 3.05) is 19.6 Å². The van der Waals surface area contributed by atoms with Crippen molar-refractivity contribution < 1.29 is 9.47 Å². The minimum absolute atomic E-state index is 0.698. The first-order valence-corrected chi connectivity index (χ1v) is 8.20. The molecule has 1 aromatic heterocycles. The van der Waals surface area contributed by atoms with E-state index in [2.05, 4.69) is 15.5 Å². The van der Waals surface area contributed by atoms with Gasteiger partial charge in [-0.3, -0.25) is 5.43 Å². The van der Waals surface area contributed by atoms with Gasteiger partial charge in [-0.1, -0.05) is 30.3 Å². The lowest BCUT2D eigenvalue weighted by Crippen LogP contribution is -1.95. The third-order valence-corrected chi connectivity index (χ3v) is 4.13. The Morgan fingerprint density at radius 1 is 1.08 bits per heavy atom. The first kappa shape index (κ1) is 16.0. The van der Waals surface area contributed by atoms with E-state index in [9.17, 15) is 0 Å². The van der Waals surface area contributed by atoms with Crippen molar-refractivity contribution in [2.45, 2.75) is 0 Å². The topological polar surface area (TPSA) is 55.7 Å². The van der Waals surface area contributed by atoms with Gasteiger partial charge in [-0.2, -0.15) is 5.10 Å². The lowest BCUT2D eigenvalue weighted by molar-refractivity contribution is 0.394. The van der Waals surface area contributed by atoms with Crippen LogP contribution in [0.3, 0.4) is 0 Å². The fourth-order valence-electron chi connectivity index (χ4n) is 2.15. The van der Waals surface area contributed by atoms with Crippen LogP contribution in [0.4, 0.5) is 5.13 Å². The van der Waals surface area contributed by atoms with Gasteiger partial charge in [0.15, 0.2) is 0 Å². The fraction of sp³-hybridized carbons (Fsp3) is 0.111. The van der Waals surface area contributed by atoms with Gasteiger partial charge in [0.1, 0.15) is 11.5 Å². The molecule has 0 spiro atoms. The maximum Gasteiger partial charge on any atom is 0.203 e. The van der Waals surface area contributed by atoms with Crippen molar-refractivity contribution >= 4 is 22.7 Å². The maximum absolute atomic E-state index is 5.34. The van der Waals surface area contributed by atoms with E-state index < -0.39 is 0 Å². The predicted octanol–water partition coefficient (Wildman–Crippen LogP) is 4.27. The highest BCUT2D eigenvalue weighted by Crippen LogP contribution is 2.25. The second kappa shape index (κ2) is 7.61. The van der Waals surface area contributed by atoms with E-state index in [1.807, 2.05) is 53.9 Å². The van der Waals surface area contributed by atoms with Crippen molar-refractivity contribution in [3.63, 3.8) is 0 Å². The summed E-state index contributed by atoms with van der Waals surface area (Å²) in [6.45, 7) is 0. The van der Waals surface area contributed by atoms with Gasteiger partial charge < -0.3 is 9.47 Å². The molecule has 0 amide bonds. The molecule has 6 heteroatoms. The summed E-state index contributed by atoms with van der Waals surface area (Å²) in [7, 11) is 3.24. The van der Waals surface area contributed by atoms with E-state index in [4.69, 9.17) is 9.47 Å². The van der Waals surface area contributed by atoms with E-state index in [0.29, 0.717) is 5.75 Å². The predicted molar refractivity (Wildman–Crippen MR) is 98.3 cm³/mol. The van der Waals surface area contributed by atoms with E-state index in [1.165, 1.54) is 11.3 Å². The molecule has 0 atom stereocenters. The minimum Gasteiger partial charge on any atom is -0.497 e. The summed E-state index contributed by atoms with van der Waals surface area (Å²) in [5.41, 5.74) is 5.82. The molecule has 3 aromatic rings. The van der Waals surface area contributed by atoms with Gasteiger partial charge in [0.25, 0.3) is 0 Å². The van der Waals surface area contributed by atoms with Gasteiger partial charge in [0.2, 0.25) is 5.13 Å². The van der Waals surface area contributed by atoms with Crippen LogP contribution >= 0.6 is 11.3 Å². The van der Waals surface area contributed by atoms with Gasteiger partial charge in [0.05, 0.1) is 26.1 Å². The van der Waals surface area contributed by atoms with Crippen LogP contribution in [0.25, 0.3) is 11.3 Å². The molecule has 0 bridgehead atoms. The summed E-state index contributed by atoms with van der Waals surface area (Å²) in [5.74, 6) is 1.44. The molecule has 2 aromatic carbocycles. The Hall–Kier alpha value is -2.86. The molecular weight excluding hydrogens is 322 g/mol. The number of benzene rings is 2. The molecule has 3 rings (SSSR count). The van der Waals surface area contributed by atoms with Crippen LogP contribution in [-0.4, -0.2) is 25.4 Å². The van der Waals surface area contributed by atoms with E-state index in [1.54, 1.807) is 20.4 Å². The number of hydrogen-bond acceptors (Lipinski definition) is 6. The van der Waals surface area contributed by atoms with E-state index in [-0.39, 0.29) is 0 Å². The molecule has 0 fully saturated rings. The minimum atomic E-state index is 0.698. The molecule has 0 aliphatic heterocycles. The average Bonchev–Trinajstić information content (AvgIpc) is 3.11. The number of rotatable bonds is 6. The summed E-state index contributed by atoms with van der Waals surface area (Å²) in [4.78, 5) is 4.52. The second-order valence-electron chi connectivity index (χ2n) is 4.88. The molecule has 0 saturated carbocycles. The molecule has 24 heavy (non-hydrogen) atoms. The Kier molecular flexibility index (Phi) is 5.08. The van der Waals surface area contributed by atoms with Gasteiger partial charge in [-0.15, -0.1) is 11.3 Å². The largest absolute Gasteiger partial charge is 0.497 e. The number of hydrogen-bond donors (Lipinski definition) is 1. The van der Waals surface area contributed by atoms with Crippen molar-refractivity contribution in [3.05, 3.63) is 59.5 Å². The van der Waals surface area contributed by atoms with Crippen molar-refractivity contribution in [1.82, 2.24) is 4.98 Å². The van der Waals surface area contributed by atoms with Gasteiger partial charge in [-0.05, 0) is 12.1 Å². The zero-order valence-corrected chi connectivity index (χ0v) is 14.2. The zero-order valence-electron chi connectivity index (χ0n) is 13.4. The normalized spacial score (nSPS) is 10.8. The number of thiazole rings is 1.